The minimum atomic E-state index is 0.0960. The van der Waals surface area contributed by atoms with Gasteiger partial charge in [0.2, 0.25) is 0 Å². The maximum Gasteiger partial charge on any atom is 0.187 e. The lowest BCUT2D eigenvalue weighted by Gasteiger charge is -2.04. The molecule has 0 aliphatic rings. The third-order valence-corrected chi connectivity index (χ3v) is 4.67. The van der Waals surface area contributed by atoms with Crippen molar-refractivity contribution in [2.45, 2.75) is 20.8 Å². The first-order chi connectivity index (χ1) is 13.0. The van der Waals surface area contributed by atoms with Gasteiger partial charge in [0, 0.05) is 11.8 Å². The molecule has 134 valence electrons. The van der Waals surface area contributed by atoms with Crippen LogP contribution in [0.1, 0.15) is 16.7 Å². The molecule has 1 N–H and O–H groups in total. The standard InChI is InChI=1S/C22H20N4O/c1-14-10-11-26-20(12-14)23-21(17-9-8-15(2)16(3)13-17)22(26)25-24-18-6-4-5-7-19(18)27/h4-13,27H,1-3H3. The monoisotopic (exact) mass is 356 g/mol. The molecule has 0 atom stereocenters. The van der Waals surface area contributed by atoms with Gasteiger partial charge < -0.3 is 5.11 Å². The number of nitrogens with zero attached hydrogens (tertiary/aromatic N) is 4. The van der Waals surface area contributed by atoms with Crippen LogP contribution in [0.4, 0.5) is 11.5 Å². The molecule has 0 saturated carbocycles. The Hall–Kier alpha value is -3.47. The average Bonchev–Trinajstić information content (AvgIpc) is 3.01. The van der Waals surface area contributed by atoms with E-state index in [4.69, 9.17) is 4.98 Å². The zero-order valence-electron chi connectivity index (χ0n) is 15.5. The van der Waals surface area contributed by atoms with Crippen LogP contribution in [0.5, 0.6) is 5.75 Å². The average molecular weight is 356 g/mol. The number of pyridine rings is 1. The molecule has 2 aromatic heterocycles. The first-order valence-electron chi connectivity index (χ1n) is 8.79. The highest BCUT2D eigenvalue weighted by molar-refractivity contribution is 5.75. The number of benzene rings is 2. The van der Waals surface area contributed by atoms with Crippen LogP contribution in [-0.2, 0) is 0 Å². The number of imidazole rings is 1. The molecule has 0 fully saturated rings. The quantitative estimate of drug-likeness (QED) is 0.454. The summed E-state index contributed by atoms with van der Waals surface area (Å²) in [5.41, 5.74) is 6.55. The fraction of sp³-hybridized carbons (Fsp3) is 0.136. The van der Waals surface area contributed by atoms with Gasteiger partial charge in [0.15, 0.2) is 5.82 Å². The Bertz CT molecular complexity index is 1170. The molecule has 27 heavy (non-hydrogen) atoms. The number of aryl methyl sites for hydroxylation is 3. The number of fused-ring (bicyclic) bond motifs is 1. The van der Waals surface area contributed by atoms with E-state index in [-0.39, 0.29) is 5.75 Å². The molecule has 0 aliphatic heterocycles. The number of hydrogen-bond donors (Lipinski definition) is 1. The molecule has 5 heteroatoms. The van der Waals surface area contributed by atoms with Crippen molar-refractivity contribution in [3.8, 4) is 17.0 Å². The minimum Gasteiger partial charge on any atom is -0.506 e. The van der Waals surface area contributed by atoms with Gasteiger partial charge in [-0.15, -0.1) is 10.2 Å². The number of azo groups is 1. The van der Waals surface area contributed by atoms with Crippen molar-refractivity contribution in [2.24, 2.45) is 10.2 Å². The molecule has 2 heterocycles. The largest absolute Gasteiger partial charge is 0.506 e. The number of aromatic hydroxyl groups is 1. The third kappa shape index (κ3) is 3.19. The first-order valence-corrected chi connectivity index (χ1v) is 8.79. The van der Waals surface area contributed by atoms with E-state index in [1.54, 1.807) is 18.2 Å². The van der Waals surface area contributed by atoms with E-state index in [1.165, 1.54) is 11.1 Å². The summed E-state index contributed by atoms with van der Waals surface area (Å²) in [7, 11) is 0. The van der Waals surface area contributed by atoms with Crippen molar-refractivity contribution >= 4 is 17.2 Å². The van der Waals surface area contributed by atoms with Gasteiger partial charge in [-0.05, 0) is 67.8 Å². The summed E-state index contributed by atoms with van der Waals surface area (Å²) in [6.45, 7) is 6.21. The summed E-state index contributed by atoms with van der Waals surface area (Å²) in [5, 5.41) is 18.7. The second kappa shape index (κ2) is 6.68. The molecular formula is C22H20N4O. The highest BCUT2D eigenvalue weighted by Gasteiger charge is 2.15. The summed E-state index contributed by atoms with van der Waals surface area (Å²) in [6.07, 6.45) is 1.95. The Kier molecular flexibility index (Phi) is 4.20. The van der Waals surface area contributed by atoms with Crippen LogP contribution in [0.25, 0.3) is 16.9 Å². The van der Waals surface area contributed by atoms with E-state index >= 15 is 0 Å². The number of phenolic OH excluding ortho intramolecular Hbond substituents is 1. The molecule has 4 aromatic rings. The van der Waals surface area contributed by atoms with E-state index in [0.29, 0.717) is 11.5 Å². The Morgan fingerprint density at radius 2 is 1.70 bits per heavy atom. The van der Waals surface area contributed by atoms with Gasteiger partial charge in [-0.2, -0.15) is 0 Å². The highest BCUT2D eigenvalue weighted by Crippen LogP contribution is 2.34. The summed E-state index contributed by atoms with van der Waals surface area (Å²) in [4.78, 5) is 4.80. The number of para-hydroxylation sites is 1. The van der Waals surface area contributed by atoms with E-state index in [0.717, 1.165) is 22.5 Å². The second-order valence-corrected chi connectivity index (χ2v) is 6.70. The lowest BCUT2D eigenvalue weighted by molar-refractivity contribution is 0.476. The molecule has 0 spiro atoms. The van der Waals surface area contributed by atoms with Crippen molar-refractivity contribution in [1.29, 1.82) is 0 Å². The molecule has 0 bridgehead atoms. The molecule has 0 aliphatic carbocycles. The van der Waals surface area contributed by atoms with Gasteiger partial charge >= 0.3 is 0 Å². The van der Waals surface area contributed by atoms with Crippen molar-refractivity contribution in [3.05, 3.63) is 77.5 Å². The third-order valence-electron chi connectivity index (χ3n) is 4.67. The fourth-order valence-electron chi connectivity index (χ4n) is 2.96. The maximum atomic E-state index is 9.97. The second-order valence-electron chi connectivity index (χ2n) is 6.70. The zero-order valence-corrected chi connectivity index (χ0v) is 15.5. The maximum absolute atomic E-state index is 9.97. The zero-order chi connectivity index (χ0) is 19.0. The van der Waals surface area contributed by atoms with Gasteiger partial charge in [0.1, 0.15) is 22.8 Å². The van der Waals surface area contributed by atoms with Gasteiger partial charge in [-0.3, -0.25) is 4.40 Å². The van der Waals surface area contributed by atoms with E-state index in [1.807, 2.05) is 35.7 Å². The smallest absolute Gasteiger partial charge is 0.187 e. The number of phenols is 1. The van der Waals surface area contributed by atoms with E-state index in [9.17, 15) is 5.11 Å². The number of hydrogen-bond acceptors (Lipinski definition) is 4. The van der Waals surface area contributed by atoms with Crippen LogP contribution in [-0.4, -0.2) is 14.5 Å². The molecule has 0 radical (unpaired) electrons. The predicted octanol–water partition coefficient (Wildman–Crippen LogP) is 6.05. The Balaban J connectivity index is 1.91. The van der Waals surface area contributed by atoms with Crippen molar-refractivity contribution < 1.29 is 5.11 Å². The van der Waals surface area contributed by atoms with Crippen LogP contribution in [0.3, 0.4) is 0 Å². The van der Waals surface area contributed by atoms with Gasteiger partial charge in [0.05, 0.1) is 0 Å². The summed E-state index contributed by atoms with van der Waals surface area (Å²) < 4.78 is 1.92. The molecule has 0 amide bonds. The van der Waals surface area contributed by atoms with Crippen LogP contribution in [0.2, 0.25) is 0 Å². The number of rotatable bonds is 3. The van der Waals surface area contributed by atoms with Gasteiger partial charge in [0.25, 0.3) is 0 Å². The minimum absolute atomic E-state index is 0.0960. The Morgan fingerprint density at radius 3 is 2.48 bits per heavy atom. The molecule has 4 rings (SSSR count). The van der Waals surface area contributed by atoms with Crippen LogP contribution < -0.4 is 0 Å². The van der Waals surface area contributed by atoms with Gasteiger partial charge in [-0.25, -0.2) is 4.98 Å². The topological polar surface area (TPSA) is 62.2 Å². The van der Waals surface area contributed by atoms with Gasteiger partial charge in [-0.1, -0.05) is 24.3 Å². The first kappa shape index (κ1) is 17.0. The normalized spacial score (nSPS) is 11.5. The summed E-state index contributed by atoms with van der Waals surface area (Å²) >= 11 is 0. The fourth-order valence-corrected chi connectivity index (χ4v) is 2.96. The highest BCUT2D eigenvalue weighted by atomic mass is 16.3. The number of aromatic nitrogens is 2. The van der Waals surface area contributed by atoms with Crippen molar-refractivity contribution in [1.82, 2.24) is 9.38 Å². The van der Waals surface area contributed by atoms with E-state index < -0.39 is 0 Å². The molecule has 2 aromatic carbocycles. The molecule has 0 unspecified atom stereocenters. The lowest BCUT2D eigenvalue weighted by Crippen LogP contribution is -1.85. The van der Waals surface area contributed by atoms with Crippen LogP contribution in [0.15, 0.2) is 71.0 Å². The van der Waals surface area contributed by atoms with Crippen LogP contribution in [0, 0.1) is 20.8 Å². The SMILES string of the molecule is Cc1ccn2c(N=Nc3ccccc3O)c(-c3ccc(C)c(C)c3)nc2c1. The molecule has 5 nitrogen and oxygen atoms in total. The predicted molar refractivity (Wildman–Crippen MR) is 107 cm³/mol. The molecule has 0 saturated heterocycles. The lowest BCUT2D eigenvalue weighted by atomic mass is 10.0. The van der Waals surface area contributed by atoms with Crippen molar-refractivity contribution in [2.75, 3.05) is 0 Å². The summed E-state index contributed by atoms with van der Waals surface area (Å²) in [6, 6.07) is 17.2. The van der Waals surface area contributed by atoms with Crippen LogP contribution >= 0.6 is 0 Å². The summed E-state index contributed by atoms with van der Waals surface area (Å²) in [5.74, 6) is 0.732. The Labute approximate surface area is 157 Å². The van der Waals surface area contributed by atoms with Crippen molar-refractivity contribution in [3.63, 3.8) is 0 Å². The molecular weight excluding hydrogens is 336 g/mol. The Morgan fingerprint density at radius 1 is 0.889 bits per heavy atom. The van der Waals surface area contributed by atoms with E-state index in [2.05, 4.69) is 42.3 Å².